The first-order valence-corrected chi connectivity index (χ1v) is 11.8. The van der Waals surface area contributed by atoms with E-state index < -0.39 is 0 Å². The van der Waals surface area contributed by atoms with Gasteiger partial charge in [0, 0.05) is 0 Å². The van der Waals surface area contributed by atoms with Gasteiger partial charge in [0.25, 0.3) is 0 Å². The second-order valence-electron chi connectivity index (χ2n) is 11.6. The van der Waals surface area contributed by atoms with Crippen LogP contribution in [0.5, 0.6) is 0 Å². The topological polar surface area (TPSA) is 79.4 Å². The maximum atomic E-state index is 4.53. The van der Waals surface area contributed by atoms with Gasteiger partial charge in [0.05, 0.1) is 0 Å². The smallest absolute Gasteiger partial charge is 0.469 e. The molecule has 31 heavy (non-hydrogen) atoms. The minimum absolute atomic E-state index is 0. The summed E-state index contributed by atoms with van der Waals surface area (Å²) in [5, 5.41) is 13.6. The van der Waals surface area contributed by atoms with Crippen molar-refractivity contribution in [3.8, 4) is 0 Å². The number of nitrogens with zero attached hydrogens (tertiary/aromatic N) is 6. The molecule has 0 aromatic heterocycles. The summed E-state index contributed by atoms with van der Waals surface area (Å²) in [5.74, 6) is 5.54. The molecular weight excluding hydrogens is 547 g/mol. The van der Waals surface area contributed by atoms with Crippen molar-refractivity contribution in [3.63, 3.8) is 0 Å². The van der Waals surface area contributed by atoms with Gasteiger partial charge < -0.3 is 30.9 Å². The summed E-state index contributed by atoms with van der Waals surface area (Å²) in [5.41, 5.74) is 0.553. The Hall–Kier alpha value is -0.356. The second kappa shape index (κ2) is 9.48. The molecule has 0 aromatic rings. The van der Waals surface area contributed by atoms with Crippen LogP contribution in [0.2, 0.25) is 0 Å². The Morgan fingerprint density at radius 2 is 0.806 bits per heavy atom. The third kappa shape index (κ3) is 6.37. The molecular formula is C24H39LuN6. The number of fused-ring (bicyclic) bond motifs is 3. The third-order valence-corrected chi connectivity index (χ3v) is 6.84. The van der Waals surface area contributed by atoms with Crippen LogP contribution in [0.25, 0.3) is 16.0 Å². The van der Waals surface area contributed by atoms with Crippen LogP contribution in [0.3, 0.4) is 0 Å². The minimum atomic E-state index is 0. The van der Waals surface area contributed by atoms with Gasteiger partial charge in [0.1, 0.15) is 0 Å². The fourth-order valence-corrected chi connectivity index (χ4v) is 5.62. The van der Waals surface area contributed by atoms with Gasteiger partial charge in [-0.15, -0.1) is 0 Å². The Labute approximate surface area is 218 Å². The molecule has 0 aromatic carbocycles. The van der Waals surface area contributed by atoms with E-state index in [1.165, 1.54) is 38.5 Å². The predicted molar refractivity (Wildman–Crippen MR) is 127 cm³/mol. The largest absolute Gasteiger partial charge is 3.00 e. The molecule has 6 heterocycles. The van der Waals surface area contributed by atoms with Gasteiger partial charge in [-0.3, -0.25) is 0 Å². The van der Waals surface area contributed by atoms with Crippen LogP contribution in [0.1, 0.15) is 80.1 Å². The van der Waals surface area contributed by atoms with Crippen molar-refractivity contribution in [2.75, 3.05) is 19.6 Å². The third-order valence-electron chi connectivity index (χ3n) is 6.84. The fourth-order valence-electron chi connectivity index (χ4n) is 5.62. The van der Waals surface area contributed by atoms with E-state index in [2.05, 4.69) is 72.5 Å². The van der Waals surface area contributed by atoms with Crippen molar-refractivity contribution in [2.24, 2.45) is 32.7 Å². The van der Waals surface area contributed by atoms with Gasteiger partial charge in [-0.1, -0.05) is 78.7 Å². The molecule has 6 rings (SSSR count). The first-order chi connectivity index (χ1) is 14.0. The first-order valence-electron chi connectivity index (χ1n) is 11.8. The standard InChI is InChI=1S/3C8H13N2.Lu/c3*1-8(2)5-6-3-4-9-7(6)10-8;/h3*6H,3-5H2,1-2H3;/q3*-1;+3. The molecule has 180 valence electrons. The van der Waals surface area contributed by atoms with E-state index >= 15 is 0 Å². The minimum Gasteiger partial charge on any atom is -0.469 e. The monoisotopic (exact) mass is 586 g/mol. The van der Waals surface area contributed by atoms with Crippen LogP contribution >= 0.6 is 0 Å². The Kier molecular flexibility index (Phi) is 7.73. The van der Waals surface area contributed by atoms with Crippen LogP contribution in [0, 0.1) is 54.6 Å². The van der Waals surface area contributed by atoms with Crippen molar-refractivity contribution in [3.05, 3.63) is 16.0 Å². The van der Waals surface area contributed by atoms with Crippen molar-refractivity contribution in [1.82, 2.24) is 0 Å². The molecule has 0 saturated carbocycles. The number of aliphatic imine (C=N–C) groups is 3. The van der Waals surface area contributed by atoms with E-state index in [0.717, 1.165) is 37.1 Å². The SMILES string of the molecule is CC1(C)CC2CCN=C2[N-]1.CC1(C)CC2CCN=C2[N-]1.CC1(C)CC2CCN=C2[N-]1.[Lu+3]. The molecule has 6 aliphatic heterocycles. The number of rotatable bonds is 0. The number of hydrogen-bond donors (Lipinski definition) is 0. The van der Waals surface area contributed by atoms with Crippen LogP contribution < -0.4 is 0 Å². The van der Waals surface area contributed by atoms with E-state index in [4.69, 9.17) is 0 Å². The van der Waals surface area contributed by atoms with Crippen molar-refractivity contribution in [2.45, 2.75) is 96.7 Å². The summed E-state index contributed by atoms with van der Waals surface area (Å²) in [6.07, 6.45) is 7.36. The zero-order chi connectivity index (χ0) is 21.6. The van der Waals surface area contributed by atoms with E-state index in [0.29, 0.717) is 17.8 Å². The maximum Gasteiger partial charge on any atom is 3.00 e. The van der Waals surface area contributed by atoms with Crippen molar-refractivity contribution in [1.29, 1.82) is 0 Å². The average Bonchev–Trinajstić information content (AvgIpc) is 3.37. The Balaban J connectivity index is 0.000000130. The summed E-state index contributed by atoms with van der Waals surface area (Å²) in [6, 6.07) is 0. The molecule has 3 atom stereocenters. The van der Waals surface area contributed by atoms with Gasteiger partial charge in [-0.2, -0.15) is 0 Å². The Morgan fingerprint density at radius 3 is 1.03 bits per heavy atom. The average molecular weight is 587 g/mol. The van der Waals surface area contributed by atoms with E-state index in [-0.39, 0.29) is 53.5 Å². The van der Waals surface area contributed by atoms with Gasteiger partial charge in [-0.05, 0) is 72.9 Å². The molecule has 3 fully saturated rings. The fraction of sp³-hybridized carbons (Fsp3) is 0.875. The second-order valence-corrected chi connectivity index (χ2v) is 11.6. The number of hydrogen-bond acceptors (Lipinski definition) is 3. The molecule has 0 N–H and O–H groups in total. The zero-order valence-corrected chi connectivity index (χ0v) is 21.7. The number of amidine groups is 3. The van der Waals surface area contributed by atoms with Crippen LogP contribution in [0.15, 0.2) is 15.0 Å². The summed E-state index contributed by atoms with van der Waals surface area (Å²) in [6.45, 7) is 16.2. The molecule has 3 unspecified atom stereocenters. The maximum absolute atomic E-state index is 4.53. The Bertz CT molecular complexity index is 651. The van der Waals surface area contributed by atoms with Crippen molar-refractivity contribution >= 4 is 17.5 Å². The predicted octanol–water partition coefficient (Wildman–Crippen LogP) is 5.88. The molecule has 0 bridgehead atoms. The van der Waals surface area contributed by atoms with Gasteiger partial charge in [0.15, 0.2) is 0 Å². The van der Waals surface area contributed by atoms with Crippen LogP contribution in [0.4, 0.5) is 0 Å². The summed E-state index contributed by atoms with van der Waals surface area (Å²) in [7, 11) is 0. The summed E-state index contributed by atoms with van der Waals surface area (Å²) in [4.78, 5) is 13.0. The summed E-state index contributed by atoms with van der Waals surface area (Å²) < 4.78 is 0. The van der Waals surface area contributed by atoms with Gasteiger partial charge >= 0.3 is 36.9 Å². The van der Waals surface area contributed by atoms with Crippen molar-refractivity contribution < 1.29 is 36.9 Å². The molecule has 0 aliphatic carbocycles. The van der Waals surface area contributed by atoms with E-state index in [1.807, 2.05) is 0 Å². The molecule has 3 saturated heterocycles. The molecule has 6 nitrogen and oxygen atoms in total. The van der Waals surface area contributed by atoms with Gasteiger partial charge in [0.2, 0.25) is 0 Å². The van der Waals surface area contributed by atoms with Crippen LogP contribution in [-0.4, -0.2) is 53.8 Å². The molecule has 0 radical (unpaired) electrons. The zero-order valence-electron chi connectivity index (χ0n) is 20.0. The molecule has 6 aliphatic rings. The van der Waals surface area contributed by atoms with E-state index in [1.54, 1.807) is 0 Å². The Morgan fingerprint density at radius 1 is 0.548 bits per heavy atom. The molecule has 0 spiro atoms. The van der Waals surface area contributed by atoms with Crippen LogP contribution in [-0.2, 0) is 0 Å². The first kappa shape index (κ1) is 25.3. The molecule has 7 heteroatoms. The molecule has 0 amide bonds. The normalized spacial score (nSPS) is 33.9. The summed E-state index contributed by atoms with van der Waals surface area (Å²) >= 11 is 0. The quantitative estimate of drug-likeness (QED) is 0.340. The van der Waals surface area contributed by atoms with Gasteiger partial charge in [-0.25, -0.2) is 0 Å². The van der Waals surface area contributed by atoms with E-state index in [9.17, 15) is 0 Å².